The number of rotatable bonds is 10. The maximum atomic E-state index is 11.5. The van der Waals surface area contributed by atoms with Gasteiger partial charge in [-0.25, -0.2) is 0 Å². The molecule has 2 aromatic carbocycles. The Labute approximate surface area is 147 Å². The van der Waals surface area contributed by atoms with E-state index in [4.69, 9.17) is 21.1 Å². The molecule has 2 rings (SSSR count). The second kappa shape index (κ2) is 10.8. The summed E-state index contributed by atoms with van der Waals surface area (Å²) in [5.74, 6) is 0. The molecule has 5 heteroatoms. The summed E-state index contributed by atoms with van der Waals surface area (Å²) in [6.45, 7) is 2.82. The van der Waals surface area contributed by atoms with Crippen LogP contribution < -0.4 is 0 Å². The summed E-state index contributed by atoms with van der Waals surface area (Å²) in [5.41, 5.74) is 2.21. The Bertz CT molecular complexity index is 545. The van der Waals surface area contributed by atoms with E-state index in [0.29, 0.717) is 39.5 Å². The lowest BCUT2D eigenvalue weighted by molar-refractivity contribution is 0.0781. The van der Waals surface area contributed by atoms with Gasteiger partial charge in [-0.3, -0.25) is 4.79 Å². The average molecular weight is 348 g/mol. The van der Waals surface area contributed by atoms with Crippen LogP contribution in [-0.4, -0.2) is 36.6 Å². The summed E-state index contributed by atoms with van der Waals surface area (Å²) < 4.78 is 11.2. The molecule has 0 radical (unpaired) electrons. The van der Waals surface area contributed by atoms with Crippen LogP contribution in [-0.2, 0) is 22.7 Å². The fourth-order valence-electron chi connectivity index (χ4n) is 2.17. The minimum absolute atomic E-state index is 0.437. The molecule has 0 saturated carbocycles. The standard InChI is InChI=1S/C19H22ClNO3/c20-19(22)21(11-13-23-15-17-7-3-1-4-8-17)12-14-24-16-18-9-5-2-6-10-18/h1-10H,11-16H2. The summed E-state index contributed by atoms with van der Waals surface area (Å²) in [6, 6.07) is 19.8. The van der Waals surface area contributed by atoms with Gasteiger partial charge in [0, 0.05) is 13.1 Å². The van der Waals surface area contributed by atoms with Crippen molar-refractivity contribution in [3.05, 3.63) is 71.8 Å². The van der Waals surface area contributed by atoms with Gasteiger partial charge in [0.2, 0.25) is 0 Å². The van der Waals surface area contributed by atoms with Gasteiger partial charge in [0.15, 0.2) is 0 Å². The molecule has 1 amide bonds. The van der Waals surface area contributed by atoms with Gasteiger partial charge in [-0.05, 0) is 22.7 Å². The van der Waals surface area contributed by atoms with Crippen molar-refractivity contribution in [1.82, 2.24) is 4.90 Å². The number of ether oxygens (including phenoxy) is 2. The van der Waals surface area contributed by atoms with Gasteiger partial charge in [-0.2, -0.15) is 0 Å². The van der Waals surface area contributed by atoms with Crippen LogP contribution in [0.5, 0.6) is 0 Å². The largest absolute Gasteiger partial charge is 0.375 e. The van der Waals surface area contributed by atoms with Crippen molar-refractivity contribution in [3.63, 3.8) is 0 Å². The lowest BCUT2D eigenvalue weighted by Crippen LogP contribution is -2.33. The molecule has 0 saturated heterocycles. The van der Waals surface area contributed by atoms with Crippen molar-refractivity contribution in [1.29, 1.82) is 0 Å². The van der Waals surface area contributed by atoms with E-state index in [9.17, 15) is 4.79 Å². The molecule has 2 aromatic rings. The van der Waals surface area contributed by atoms with Crippen molar-refractivity contribution in [3.8, 4) is 0 Å². The summed E-state index contributed by atoms with van der Waals surface area (Å²) >= 11 is 5.61. The molecule has 0 heterocycles. The minimum Gasteiger partial charge on any atom is -0.375 e. The second-order valence-electron chi connectivity index (χ2n) is 5.32. The molecule has 0 aliphatic carbocycles. The van der Waals surface area contributed by atoms with Gasteiger partial charge in [0.1, 0.15) is 0 Å². The van der Waals surface area contributed by atoms with Crippen LogP contribution in [0.3, 0.4) is 0 Å². The third-order valence-corrected chi connectivity index (χ3v) is 3.72. The Morgan fingerprint density at radius 2 is 1.21 bits per heavy atom. The van der Waals surface area contributed by atoms with Crippen LogP contribution in [0.4, 0.5) is 4.79 Å². The summed E-state index contributed by atoms with van der Waals surface area (Å²) in [6.07, 6.45) is 0. The van der Waals surface area contributed by atoms with E-state index in [1.807, 2.05) is 60.7 Å². The van der Waals surface area contributed by atoms with Gasteiger partial charge in [-0.15, -0.1) is 0 Å². The number of hydrogen-bond donors (Lipinski definition) is 0. The number of halogens is 1. The van der Waals surface area contributed by atoms with Gasteiger partial charge in [0.25, 0.3) is 0 Å². The van der Waals surface area contributed by atoms with Crippen LogP contribution in [0.15, 0.2) is 60.7 Å². The summed E-state index contributed by atoms with van der Waals surface area (Å²) in [4.78, 5) is 13.0. The van der Waals surface area contributed by atoms with E-state index in [1.165, 1.54) is 4.90 Å². The molecule has 128 valence electrons. The predicted molar refractivity (Wildman–Crippen MR) is 95.0 cm³/mol. The molecule has 0 atom stereocenters. The van der Waals surface area contributed by atoms with Gasteiger partial charge in [0.05, 0.1) is 26.4 Å². The van der Waals surface area contributed by atoms with Crippen LogP contribution in [0.2, 0.25) is 0 Å². The molecule has 0 aliphatic rings. The Morgan fingerprint density at radius 3 is 1.58 bits per heavy atom. The van der Waals surface area contributed by atoms with Crippen molar-refractivity contribution < 1.29 is 14.3 Å². The highest BCUT2D eigenvalue weighted by Gasteiger charge is 2.10. The van der Waals surface area contributed by atoms with E-state index in [0.717, 1.165) is 11.1 Å². The van der Waals surface area contributed by atoms with Gasteiger partial charge < -0.3 is 14.4 Å². The van der Waals surface area contributed by atoms with E-state index < -0.39 is 5.37 Å². The van der Waals surface area contributed by atoms with Crippen LogP contribution in [0.1, 0.15) is 11.1 Å². The zero-order chi connectivity index (χ0) is 17.0. The lowest BCUT2D eigenvalue weighted by atomic mass is 10.2. The zero-order valence-corrected chi connectivity index (χ0v) is 14.3. The predicted octanol–water partition coefficient (Wildman–Crippen LogP) is 4.08. The minimum atomic E-state index is -0.485. The van der Waals surface area contributed by atoms with Crippen molar-refractivity contribution in [2.45, 2.75) is 13.2 Å². The number of carbonyl (C=O) groups is 1. The van der Waals surface area contributed by atoms with Crippen molar-refractivity contribution in [2.75, 3.05) is 26.3 Å². The lowest BCUT2D eigenvalue weighted by Gasteiger charge is -2.19. The highest BCUT2D eigenvalue weighted by molar-refractivity contribution is 6.62. The maximum Gasteiger partial charge on any atom is 0.316 e. The normalized spacial score (nSPS) is 10.5. The molecule has 0 N–H and O–H groups in total. The molecular weight excluding hydrogens is 326 g/mol. The first-order chi connectivity index (χ1) is 11.8. The van der Waals surface area contributed by atoms with Crippen LogP contribution in [0, 0.1) is 0 Å². The molecule has 0 aromatic heterocycles. The highest BCUT2D eigenvalue weighted by atomic mass is 35.5. The van der Waals surface area contributed by atoms with Crippen molar-refractivity contribution in [2.24, 2.45) is 0 Å². The maximum absolute atomic E-state index is 11.5. The monoisotopic (exact) mass is 347 g/mol. The Balaban J connectivity index is 1.61. The number of amides is 1. The molecule has 0 aliphatic heterocycles. The molecule has 0 bridgehead atoms. The SMILES string of the molecule is O=C(Cl)N(CCOCc1ccccc1)CCOCc1ccccc1. The van der Waals surface area contributed by atoms with E-state index in [1.54, 1.807) is 0 Å². The Hall–Kier alpha value is -1.88. The fourth-order valence-corrected chi connectivity index (χ4v) is 2.33. The molecule has 0 fully saturated rings. The summed E-state index contributed by atoms with van der Waals surface area (Å²) in [7, 11) is 0. The second-order valence-corrected chi connectivity index (χ2v) is 5.64. The zero-order valence-electron chi connectivity index (χ0n) is 13.6. The van der Waals surface area contributed by atoms with E-state index >= 15 is 0 Å². The Kier molecular flexibility index (Phi) is 8.32. The van der Waals surface area contributed by atoms with Gasteiger partial charge in [-0.1, -0.05) is 60.7 Å². The van der Waals surface area contributed by atoms with Crippen LogP contribution >= 0.6 is 11.6 Å². The molecule has 0 unspecified atom stereocenters. The molecular formula is C19H22ClNO3. The number of nitrogens with zero attached hydrogens (tertiary/aromatic N) is 1. The number of carbonyl (C=O) groups excluding carboxylic acids is 1. The smallest absolute Gasteiger partial charge is 0.316 e. The Morgan fingerprint density at radius 1 is 0.792 bits per heavy atom. The van der Waals surface area contributed by atoms with Gasteiger partial charge >= 0.3 is 5.37 Å². The van der Waals surface area contributed by atoms with Crippen LogP contribution in [0.25, 0.3) is 0 Å². The quantitative estimate of drug-likeness (QED) is 0.369. The topological polar surface area (TPSA) is 38.8 Å². The summed E-state index contributed by atoms with van der Waals surface area (Å²) in [5, 5.41) is -0.485. The number of hydrogen-bond acceptors (Lipinski definition) is 3. The first kappa shape index (κ1) is 18.5. The average Bonchev–Trinajstić information content (AvgIpc) is 2.62. The number of benzene rings is 2. The fraction of sp³-hybridized carbons (Fsp3) is 0.316. The first-order valence-corrected chi connectivity index (χ1v) is 8.31. The molecule has 0 spiro atoms. The highest BCUT2D eigenvalue weighted by Crippen LogP contribution is 2.03. The molecule has 4 nitrogen and oxygen atoms in total. The van der Waals surface area contributed by atoms with E-state index in [-0.39, 0.29) is 0 Å². The van der Waals surface area contributed by atoms with Crippen molar-refractivity contribution >= 4 is 17.0 Å². The first-order valence-electron chi connectivity index (χ1n) is 7.93. The third kappa shape index (κ3) is 7.13. The third-order valence-electron chi connectivity index (χ3n) is 3.48. The molecule has 24 heavy (non-hydrogen) atoms. The van der Waals surface area contributed by atoms with E-state index in [2.05, 4.69) is 0 Å².